The van der Waals surface area contributed by atoms with Crippen LogP contribution in [0.15, 0.2) is 12.1 Å². The quantitative estimate of drug-likeness (QED) is 0.613. The monoisotopic (exact) mass is 317 g/mol. The molecule has 1 aromatic carbocycles. The number of fused-ring (bicyclic) bond motifs is 5. The Morgan fingerprint density at radius 3 is 2.78 bits per heavy atom. The summed E-state index contributed by atoms with van der Waals surface area (Å²) in [6.45, 7) is 2.22. The zero-order chi connectivity index (χ0) is 16.4. The fourth-order valence-corrected chi connectivity index (χ4v) is 5.81. The second kappa shape index (κ2) is 4.94. The summed E-state index contributed by atoms with van der Waals surface area (Å²) in [6, 6.07) is 3.37. The Labute approximate surface area is 135 Å². The van der Waals surface area contributed by atoms with Crippen LogP contribution in [0.25, 0.3) is 0 Å². The number of benzene rings is 1. The maximum atomic E-state index is 11.3. The lowest BCUT2D eigenvalue weighted by Crippen LogP contribution is -2.44. The highest BCUT2D eigenvalue weighted by Crippen LogP contribution is 2.61. The highest BCUT2D eigenvalue weighted by molar-refractivity contribution is 5.57. The van der Waals surface area contributed by atoms with Crippen LogP contribution in [0.1, 0.15) is 56.1 Å². The van der Waals surface area contributed by atoms with Gasteiger partial charge in [-0.2, -0.15) is 0 Å². The Bertz CT molecular complexity index is 673. The van der Waals surface area contributed by atoms with Gasteiger partial charge in [-0.3, -0.25) is 10.1 Å². The van der Waals surface area contributed by atoms with E-state index in [-0.39, 0.29) is 23.0 Å². The van der Waals surface area contributed by atoms with Gasteiger partial charge in [0.15, 0.2) is 5.75 Å². The molecule has 0 radical (unpaired) electrons. The number of aromatic hydroxyl groups is 1. The smallest absolute Gasteiger partial charge is 0.314 e. The lowest BCUT2D eigenvalue weighted by atomic mass is 9.55. The fourth-order valence-electron chi connectivity index (χ4n) is 5.81. The summed E-state index contributed by atoms with van der Waals surface area (Å²) in [5.74, 6) is 1.13. The Morgan fingerprint density at radius 2 is 2.04 bits per heavy atom. The normalized spacial score (nSPS) is 38.5. The number of nitro groups is 1. The summed E-state index contributed by atoms with van der Waals surface area (Å²) in [7, 11) is 0. The number of nitro benzene ring substituents is 1. The highest BCUT2D eigenvalue weighted by Gasteiger charge is 2.54. The van der Waals surface area contributed by atoms with Crippen molar-refractivity contribution in [2.24, 2.45) is 17.3 Å². The predicted octanol–water partition coefficient (Wildman–Crippen LogP) is 3.52. The molecule has 3 aliphatic rings. The summed E-state index contributed by atoms with van der Waals surface area (Å²) in [6.07, 6.45) is 5.28. The van der Waals surface area contributed by atoms with Gasteiger partial charge in [-0.05, 0) is 73.3 Å². The molecule has 3 aliphatic carbocycles. The van der Waals surface area contributed by atoms with Gasteiger partial charge in [0.05, 0.1) is 11.0 Å². The molecule has 2 fully saturated rings. The molecule has 0 spiro atoms. The maximum absolute atomic E-state index is 11.3. The van der Waals surface area contributed by atoms with Gasteiger partial charge < -0.3 is 10.2 Å². The number of phenolic OH excluding ortho intramolecular Hbond substituents is 1. The van der Waals surface area contributed by atoms with E-state index in [4.69, 9.17) is 0 Å². The largest absolute Gasteiger partial charge is 0.502 e. The topological polar surface area (TPSA) is 83.6 Å². The van der Waals surface area contributed by atoms with Crippen LogP contribution in [-0.4, -0.2) is 21.2 Å². The first kappa shape index (κ1) is 14.9. The molecule has 2 saturated carbocycles. The van der Waals surface area contributed by atoms with E-state index in [2.05, 4.69) is 6.92 Å². The van der Waals surface area contributed by atoms with Crippen LogP contribution < -0.4 is 0 Å². The molecule has 0 saturated heterocycles. The molecule has 1 aromatic rings. The van der Waals surface area contributed by atoms with Gasteiger partial charge in [0.25, 0.3) is 0 Å². The molecular weight excluding hydrogens is 294 g/mol. The van der Waals surface area contributed by atoms with E-state index >= 15 is 0 Å². The number of rotatable bonds is 1. The molecule has 5 atom stereocenters. The molecule has 5 nitrogen and oxygen atoms in total. The minimum atomic E-state index is -0.444. The molecule has 23 heavy (non-hydrogen) atoms. The number of hydrogen-bond acceptors (Lipinski definition) is 4. The van der Waals surface area contributed by atoms with E-state index in [9.17, 15) is 20.3 Å². The Morgan fingerprint density at radius 1 is 1.26 bits per heavy atom. The predicted molar refractivity (Wildman–Crippen MR) is 85.4 cm³/mol. The zero-order valence-corrected chi connectivity index (χ0v) is 13.4. The highest BCUT2D eigenvalue weighted by atomic mass is 16.6. The molecule has 124 valence electrons. The third kappa shape index (κ3) is 1.95. The van der Waals surface area contributed by atoms with Crippen molar-refractivity contribution in [1.82, 2.24) is 0 Å². The Kier molecular flexibility index (Phi) is 3.21. The van der Waals surface area contributed by atoms with Gasteiger partial charge in [0.1, 0.15) is 0 Å². The molecular formula is C18H23NO4. The first-order chi connectivity index (χ1) is 10.9. The van der Waals surface area contributed by atoms with Crippen LogP contribution in [0.4, 0.5) is 5.69 Å². The fraction of sp³-hybridized carbons (Fsp3) is 0.667. The average molecular weight is 317 g/mol. The van der Waals surface area contributed by atoms with Crippen LogP contribution in [0, 0.1) is 27.4 Å². The molecule has 0 heterocycles. The molecule has 0 aromatic heterocycles. The van der Waals surface area contributed by atoms with Crippen molar-refractivity contribution in [2.75, 3.05) is 0 Å². The second-order valence-electron chi connectivity index (χ2n) is 7.81. The van der Waals surface area contributed by atoms with Gasteiger partial charge in [-0.1, -0.05) is 13.0 Å². The zero-order valence-electron chi connectivity index (χ0n) is 13.4. The maximum Gasteiger partial charge on any atom is 0.314 e. The van der Waals surface area contributed by atoms with Gasteiger partial charge in [-0.15, -0.1) is 0 Å². The van der Waals surface area contributed by atoms with Crippen LogP contribution in [-0.2, 0) is 6.42 Å². The summed E-state index contributed by atoms with van der Waals surface area (Å²) in [5.41, 5.74) is 1.72. The lowest BCUT2D eigenvalue weighted by molar-refractivity contribution is -0.386. The van der Waals surface area contributed by atoms with E-state index in [1.165, 1.54) is 6.07 Å². The lowest BCUT2D eigenvalue weighted by Gasteiger charge is -2.49. The van der Waals surface area contributed by atoms with Crippen molar-refractivity contribution in [2.45, 2.75) is 57.5 Å². The first-order valence-electron chi connectivity index (χ1n) is 8.60. The molecule has 5 heteroatoms. The number of phenols is 1. The number of hydrogen-bond donors (Lipinski definition) is 2. The van der Waals surface area contributed by atoms with Gasteiger partial charge in [0, 0.05) is 5.56 Å². The van der Waals surface area contributed by atoms with Crippen LogP contribution >= 0.6 is 0 Å². The molecule has 4 unspecified atom stereocenters. The molecule has 0 amide bonds. The number of aliphatic hydroxyl groups is 1. The standard InChI is InChI=1S/C18H23NO4/c1-18-9-8-11-10-4-6-15(20)17(19(22)23)13(10)3-2-12(11)14(18)5-7-16(18)21/h4,6,11-12,14,16,20-21H,2-3,5,7-9H2,1H3/t11?,12?,14?,16?,18-/m0/s1. The van der Waals surface area contributed by atoms with Crippen LogP contribution in [0.5, 0.6) is 5.75 Å². The number of nitrogens with zero attached hydrogens (tertiary/aromatic N) is 1. The second-order valence-corrected chi connectivity index (χ2v) is 7.81. The van der Waals surface area contributed by atoms with Gasteiger partial charge in [-0.25, -0.2) is 0 Å². The van der Waals surface area contributed by atoms with Crippen molar-refractivity contribution in [3.8, 4) is 5.75 Å². The number of aliphatic hydroxyl groups excluding tert-OH is 1. The molecule has 2 N–H and O–H groups in total. The third-order valence-electron chi connectivity index (χ3n) is 6.99. The van der Waals surface area contributed by atoms with Crippen molar-refractivity contribution in [1.29, 1.82) is 0 Å². The van der Waals surface area contributed by atoms with Gasteiger partial charge >= 0.3 is 5.69 Å². The minimum Gasteiger partial charge on any atom is -0.502 e. The average Bonchev–Trinajstić information content (AvgIpc) is 2.82. The SMILES string of the molecule is C[C@]12CCC3c4ccc(O)c([N+](=O)[O-])c4CCC3C1CCC2O. The van der Waals surface area contributed by atoms with Crippen LogP contribution in [0.2, 0.25) is 0 Å². The van der Waals surface area contributed by atoms with Crippen molar-refractivity contribution in [3.05, 3.63) is 33.4 Å². The Balaban J connectivity index is 1.76. The van der Waals surface area contributed by atoms with Crippen molar-refractivity contribution in [3.63, 3.8) is 0 Å². The summed E-state index contributed by atoms with van der Waals surface area (Å²) in [5, 5.41) is 31.6. The summed E-state index contributed by atoms with van der Waals surface area (Å²) >= 11 is 0. The van der Waals surface area contributed by atoms with Crippen LogP contribution in [0.3, 0.4) is 0 Å². The molecule has 0 aliphatic heterocycles. The summed E-state index contributed by atoms with van der Waals surface area (Å²) in [4.78, 5) is 10.9. The van der Waals surface area contributed by atoms with Gasteiger partial charge in [0.2, 0.25) is 0 Å². The molecule has 4 rings (SSSR count). The van der Waals surface area contributed by atoms with E-state index in [0.717, 1.165) is 43.2 Å². The van der Waals surface area contributed by atoms with Crippen molar-refractivity contribution >= 4 is 5.69 Å². The summed E-state index contributed by atoms with van der Waals surface area (Å²) < 4.78 is 0. The van der Waals surface area contributed by atoms with Crippen molar-refractivity contribution < 1.29 is 15.1 Å². The minimum absolute atomic E-state index is 0.0154. The van der Waals surface area contributed by atoms with E-state index in [1.807, 2.05) is 6.07 Å². The van der Waals surface area contributed by atoms with E-state index in [0.29, 0.717) is 24.2 Å². The third-order valence-corrected chi connectivity index (χ3v) is 6.99. The Hall–Kier alpha value is -1.62. The van der Waals surface area contributed by atoms with E-state index < -0.39 is 4.92 Å². The first-order valence-corrected chi connectivity index (χ1v) is 8.60. The van der Waals surface area contributed by atoms with E-state index in [1.54, 1.807) is 0 Å². The molecule has 0 bridgehead atoms.